The van der Waals surface area contributed by atoms with Crippen molar-refractivity contribution in [1.29, 1.82) is 0 Å². The van der Waals surface area contributed by atoms with Crippen LogP contribution in [-0.4, -0.2) is 31.5 Å². The van der Waals surface area contributed by atoms with Crippen molar-refractivity contribution < 1.29 is 14.3 Å². The molecule has 2 aromatic rings. The molecule has 2 aromatic carbocycles. The van der Waals surface area contributed by atoms with E-state index in [9.17, 15) is 9.59 Å². The minimum absolute atomic E-state index is 0.00204. The quantitative estimate of drug-likeness (QED) is 0.940. The van der Waals surface area contributed by atoms with E-state index in [1.54, 1.807) is 18.1 Å². The van der Waals surface area contributed by atoms with Crippen molar-refractivity contribution in [2.45, 2.75) is 19.4 Å². The summed E-state index contributed by atoms with van der Waals surface area (Å²) < 4.78 is 5.20. The molecule has 3 rings (SSSR count). The molecule has 1 aliphatic rings. The Bertz CT molecular complexity index is 773. The van der Waals surface area contributed by atoms with Crippen molar-refractivity contribution in [1.82, 2.24) is 5.32 Å². The summed E-state index contributed by atoms with van der Waals surface area (Å²) in [5.74, 6) is 0.550. The fraction of sp³-hybridized carbons (Fsp3) is 0.263. The maximum Gasteiger partial charge on any atom is 0.251 e. The number of hydrogen-bond acceptors (Lipinski definition) is 3. The van der Waals surface area contributed by atoms with E-state index >= 15 is 0 Å². The van der Waals surface area contributed by atoms with E-state index in [-0.39, 0.29) is 17.9 Å². The molecule has 5 nitrogen and oxygen atoms in total. The van der Waals surface area contributed by atoms with Gasteiger partial charge in [0.2, 0.25) is 5.91 Å². The molecule has 124 valence electrons. The van der Waals surface area contributed by atoms with Gasteiger partial charge in [0, 0.05) is 30.3 Å². The number of methoxy groups -OCH3 is 1. The van der Waals surface area contributed by atoms with Crippen molar-refractivity contribution >= 4 is 17.5 Å². The predicted molar refractivity (Wildman–Crippen MR) is 92.4 cm³/mol. The summed E-state index contributed by atoms with van der Waals surface area (Å²) in [7, 11) is 1.59. The first-order chi connectivity index (χ1) is 11.6. The lowest BCUT2D eigenvalue weighted by molar-refractivity contribution is -0.117. The summed E-state index contributed by atoms with van der Waals surface area (Å²) in [6.07, 6.45) is 0.300. The van der Waals surface area contributed by atoms with Gasteiger partial charge in [-0.15, -0.1) is 0 Å². The van der Waals surface area contributed by atoms with Gasteiger partial charge in [-0.1, -0.05) is 23.8 Å². The standard InChI is InChI=1S/C19H20N2O3/c1-13-5-3-6-14(9-13)19(23)20-15-10-18(22)21(12-15)16-7-4-8-17(11-16)24-2/h3-9,11,15H,10,12H2,1-2H3,(H,20,23)/t15-/m0/s1. The molecule has 1 N–H and O–H groups in total. The van der Waals surface area contributed by atoms with Crippen LogP contribution in [0.5, 0.6) is 5.75 Å². The van der Waals surface area contributed by atoms with E-state index in [2.05, 4.69) is 5.32 Å². The van der Waals surface area contributed by atoms with Crippen LogP contribution in [0, 0.1) is 6.92 Å². The molecule has 1 fully saturated rings. The number of carbonyl (C=O) groups excluding carboxylic acids is 2. The van der Waals surface area contributed by atoms with Crippen LogP contribution in [0.4, 0.5) is 5.69 Å². The number of nitrogens with one attached hydrogen (secondary N) is 1. The number of ether oxygens (including phenoxy) is 1. The van der Waals surface area contributed by atoms with Crippen LogP contribution in [-0.2, 0) is 4.79 Å². The van der Waals surface area contributed by atoms with Gasteiger partial charge in [0.1, 0.15) is 5.75 Å². The Morgan fingerprint density at radius 1 is 1.21 bits per heavy atom. The van der Waals surface area contributed by atoms with Gasteiger partial charge in [-0.3, -0.25) is 9.59 Å². The number of rotatable bonds is 4. The molecular formula is C19H20N2O3. The van der Waals surface area contributed by atoms with Crippen LogP contribution in [0.1, 0.15) is 22.3 Å². The largest absolute Gasteiger partial charge is 0.497 e. The molecule has 0 bridgehead atoms. The molecule has 0 aromatic heterocycles. The summed E-state index contributed by atoms with van der Waals surface area (Å²) in [6.45, 7) is 2.41. The van der Waals surface area contributed by atoms with E-state index < -0.39 is 0 Å². The van der Waals surface area contributed by atoms with Crippen LogP contribution in [0.15, 0.2) is 48.5 Å². The molecule has 24 heavy (non-hydrogen) atoms. The van der Waals surface area contributed by atoms with E-state index in [0.717, 1.165) is 11.3 Å². The molecule has 0 saturated carbocycles. The number of nitrogens with zero attached hydrogens (tertiary/aromatic N) is 1. The second-order valence-corrected chi connectivity index (χ2v) is 5.95. The monoisotopic (exact) mass is 324 g/mol. The zero-order valence-corrected chi connectivity index (χ0v) is 13.8. The van der Waals surface area contributed by atoms with E-state index in [4.69, 9.17) is 4.74 Å². The number of carbonyl (C=O) groups is 2. The normalized spacial score (nSPS) is 17.0. The predicted octanol–water partition coefficient (Wildman–Crippen LogP) is 2.54. The molecule has 1 saturated heterocycles. The van der Waals surface area contributed by atoms with Gasteiger partial charge < -0.3 is 15.0 Å². The molecule has 1 aliphatic heterocycles. The molecule has 0 unspecified atom stereocenters. The SMILES string of the molecule is COc1cccc(N2C[C@@H](NC(=O)c3cccc(C)c3)CC2=O)c1. The van der Waals surface area contributed by atoms with Gasteiger partial charge in [-0.2, -0.15) is 0 Å². The summed E-state index contributed by atoms with van der Waals surface area (Å²) in [5.41, 5.74) is 2.43. The fourth-order valence-corrected chi connectivity index (χ4v) is 2.89. The third-order valence-electron chi connectivity index (χ3n) is 4.11. The molecule has 5 heteroatoms. The molecule has 0 radical (unpaired) electrons. The van der Waals surface area contributed by atoms with Crippen LogP contribution in [0.25, 0.3) is 0 Å². The van der Waals surface area contributed by atoms with Crippen molar-refractivity contribution in [3.63, 3.8) is 0 Å². The lowest BCUT2D eigenvalue weighted by atomic mass is 10.1. The van der Waals surface area contributed by atoms with Crippen LogP contribution < -0.4 is 15.0 Å². The molecule has 1 heterocycles. The van der Waals surface area contributed by atoms with Crippen LogP contribution in [0.3, 0.4) is 0 Å². The number of hydrogen-bond donors (Lipinski definition) is 1. The van der Waals surface area contributed by atoms with Crippen molar-refractivity contribution in [2.75, 3.05) is 18.6 Å². The minimum atomic E-state index is -0.197. The second-order valence-electron chi connectivity index (χ2n) is 5.95. The van der Waals surface area contributed by atoms with Crippen LogP contribution in [0.2, 0.25) is 0 Å². The minimum Gasteiger partial charge on any atom is -0.497 e. The average Bonchev–Trinajstić information content (AvgIpc) is 2.95. The van der Waals surface area contributed by atoms with Crippen LogP contribution >= 0.6 is 0 Å². The molecular weight excluding hydrogens is 304 g/mol. The number of aryl methyl sites for hydroxylation is 1. The van der Waals surface area contributed by atoms with Crippen molar-refractivity contribution in [3.05, 3.63) is 59.7 Å². The Morgan fingerprint density at radius 2 is 2.00 bits per heavy atom. The zero-order chi connectivity index (χ0) is 17.1. The second kappa shape index (κ2) is 6.74. The smallest absolute Gasteiger partial charge is 0.251 e. The van der Waals surface area contributed by atoms with Gasteiger partial charge >= 0.3 is 0 Å². The highest BCUT2D eigenvalue weighted by Gasteiger charge is 2.31. The van der Waals surface area contributed by atoms with E-state index in [1.165, 1.54) is 0 Å². The lowest BCUT2D eigenvalue weighted by Gasteiger charge is -2.18. The number of anilines is 1. The van der Waals surface area contributed by atoms with Crippen molar-refractivity contribution in [3.8, 4) is 5.75 Å². The number of amides is 2. The average molecular weight is 324 g/mol. The van der Waals surface area contributed by atoms with E-state index in [1.807, 2.05) is 49.4 Å². The van der Waals surface area contributed by atoms with Gasteiger partial charge in [-0.25, -0.2) is 0 Å². The van der Waals surface area contributed by atoms with Gasteiger partial charge in [0.05, 0.1) is 13.2 Å². The Morgan fingerprint density at radius 3 is 2.75 bits per heavy atom. The summed E-state index contributed by atoms with van der Waals surface area (Å²) in [6, 6.07) is 14.6. The summed E-state index contributed by atoms with van der Waals surface area (Å²) in [4.78, 5) is 26.3. The molecule has 0 aliphatic carbocycles. The topological polar surface area (TPSA) is 58.6 Å². The first kappa shape index (κ1) is 16.1. The highest BCUT2D eigenvalue weighted by atomic mass is 16.5. The molecule has 1 atom stereocenters. The fourth-order valence-electron chi connectivity index (χ4n) is 2.89. The first-order valence-electron chi connectivity index (χ1n) is 7.89. The van der Waals surface area contributed by atoms with Gasteiger partial charge in [0.15, 0.2) is 0 Å². The zero-order valence-electron chi connectivity index (χ0n) is 13.8. The Labute approximate surface area is 141 Å². The number of benzene rings is 2. The maximum atomic E-state index is 12.3. The third-order valence-corrected chi connectivity index (χ3v) is 4.11. The highest BCUT2D eigenvalue weighted by Crippen LogP contribution is 2.25. The summed E-state index contributed by atoms with van der Waals surface area (Å²) in [5, 5.41) is 2.95. The molecule has 0 spiro atoms. The van der Waals surface area contributed by atoms with E-state index in [0.29, 0.717) is 24.3 Å². The van der Waals surface area contributed by atoms with Gasteiger partial charge in [0.25, 0.3) is 5.91 Å². The lowest BCUT2D eigenvalue weighted by Crippen LogP contribution is -2.37. The molecule has 2 amide bonds. The Kier molecular flexibility index (Phi) is 4.51. The Balaban J connectivity index is 1.69. The maximum absolute atomic E-state index is 12.3. The third kappa shape index (κ3) is 3.40. The Hall–Kier alpha value is -2.82. The van der Waals surface area contributed by atoms with Crippen molar-refractivity contribution in [2.24, 2.45) is 0 Å². The highest BCUT2D eigenvalue weighted by molar-refractivity contribution is 5.99. The summed E-state index contributed by atoms with van der Waals surface area (Å²) >= 11 is 0. The first-order valence-corrected chi connectivity index (χ1v) is 7.89. The van der Waals surface area contributed by atoms with Gasteiger partial charge in [-0.05, 0) is 31.2 Å².